The SMILES string of the molecule is C[N+]1(C)CCc2ccc(NC(=O)C3(NC(=O)c4ccc(Cl)s4)CCCC3)cc2CC1. The standard InChI is InChI=1S/C23H28ClN3O2S/c1-27(2)13-9-16-5-6-18(15-17(16)10-14-27)25-22(29)23(11-3-4-12-23)26-21(28)19-7-8-20(24)30-19/h5-8,15H,3-4,9-14H2,1-2H3,(H-,25,26,28,29)/p+1. The summed E-state index contributed by atoms with van der Waals surface area (Å²) in [5, 5.41) is 6.12. The molecular formula is C23H29ClN3O2S+. The summed E-state index contributed by atoms with van der Waals surface area (Å²) in [4.78, 5) is 26.6. The number of hydrogen-bond donors (Lipinski definition) is 2. The highest BCUT2D eigenvalue weighted by molar-refractivity contribution is 7.18. The molecule has 1 saturated carbocycles. The minimum Gasteiger partial charge on any atom is -0.337 e. The van der Waals surface area contributed by atoms with E-state index in [1.54, 1.807) is 12.1 Å². The lowest BCUT2D eigenvalue weighted by Gasteiger charge is -2.29. The molecule has 0 saturated heterocycles. The molecule has 0 atom stereocenters. The number of halogens is 1. The van der Waals surface area contributed by atoms with E-state index in [1.165, 1.54) is 22.5 Å². The predicted molar refractivity (Wildman–Crippen MR) is 122 cm³/mol. The van der Waals surface area contributed by atoms with E-state index in [0.29, 0.717) is 22.1 Å². The average Bonchev–Trinajstić information content (AvgIpc) is 3.32. The van der Waals surface area contributed by atoms with Crippen LogP contribution in [0.4, 0.5) is 5.69 Å². The van der Waals surface area contributed by atoms with E-state index < -0.39 is 5.54 Å². The number of anilines is 1. The quantitative estimate of drug-likeness (QED) is 0.689. The number of carbonyl (C=O) groups is 2. The van der Waals surface area contributed by atoms with Crippen molar-refractivity contribution in [3.8, 4) is 0 Å². The molecule has 0 radical (unpaired) electrons. The molecule has 160 valence electrons. The summed E-state index contributed by atoms with van der Waals surface area (Å²) < 4.78 is 1.58. The second-order valence-electron chi connectivity index (χ2n) is 9.17. The highest BCUT2D eigenvalue weighted by Gasteiger charge is 2.43. The zero-order chi connectivity index (χ0) is 21.4. The maximum Gasteiger partial charge on any atom is 0.262 e. The smallest absolute Gasteiger partial charge is 0.262 e. The number of hydrogen-bond acceptors (Lipinski definition) is 3. The van der Waals surface area contributed by atoms with Gasteiger partial charge in [-0.2, -0.15) is 0 Å². The molecule has 2 amide bonds. The molecule has 2 heterocycles. The number of nitrogens with one attached hydrogen (secondary N) is 2. The van der Waals surface area contributed by atoms with Crippen molar-refractivity contribution in [3.63, 3.8) is 0 Å². The van der Waals surface area contributed by atoms with Gasteiger partial charge in [0.25, 0.3) is 5.91 Å². The van der Waals surface area contributed by atoms with Crippen LogP contribution in [0.3, 0.4) is 0 Å². The molecule has 0 spiro atoms. The number of rotatable bonds is 4. The van der Waals surface area contributed by atoms with Crippen molar-refractivity contribution >= 4 is 40.4 Å². The molecule has 7 heteroatoms. The number of nitrogens with zero attached hydrogens (tertiary/aromatic N) is 1. The van der Waals surface area contributed by atoms with Crippen molar-refractivity contribution in [1.82, 2.24) is 5.32 Å². The predicted octanol–water partition coefficient (Wildman–Crippen LogP) is 4.26. The lowest BCUT2D eigenvalue weighted by Crippen LogP contribution is -2.54. The summed E-state index contributed by atoms with van der Waals surface area (Å²) in [6.07, 6.45) is 5.22. The molecule has 30 heavy (non-hydrogen) atoms. The highest BCUT2D eigenvalue weighted by Crippen LogP contribution is 2.33. The molecule has 2 aliphatic rings. The van der Waals surface area contributed by atoms with Gasteiger partial charge >= 0.3 is 0 Å². The van der Waals surface area contributed by atoms with Crippen molar-refractivity contribution in [1.29, 1.82) is 0 Å². The number of carbonyl (C=O) groups excluding carboxylic acids is 2. The first-order valence-corrected chi connectivity index (χ1v) is 11.8. The van der Waals surface area contributed by atoms with Crippen molar-refractivity contribution in [2.45, 2.75) is 44.1 Å². The van der Waals surface area contributed by atoms with Gasteiger partial charge in [0.05, 0.1) is 36.4 Å². The zero-order valence-electron chi connectivity index (χ0n) is 17.6. The molecule has 1 aliphatic carbocycles. The molecule has 2 N–H and O–H groups in total. The third kappa shape index (κ3) is 4.56. The van der Waals surface area contributed by atoms with Crippen molar-refractivity contribution in [2.24, 2.45) is 0 Å². The third-order valence-corrected chi connectivity index (χ3v) is 7.71. The van der Waals surface area contributed by atoms with Crippen LogP contribution in [-0.4, -0.2) is 49.0 Å². The Morgan fingerprint density at radius 3 is 2.40 bits per heavy atom. The van der Waals surface area contributed by atoms with Crippen LogP contribution >= 0.6 is 22.9 Å². The van der Waals surface area contributed by atoms with Gasteiger partial charge in [-0.3, -0.25) is 9.59 Å². The first-order valence-electron chi connectivity index (χ1n) is 10.6. The topological polar surface area (TPSA) is 58.2 Å². The highest BCUT2D eigenvalue weighted by atomic mass is 35.5. The molecule has 2 aromatic rings. The van der Waals surface area contributed by atoms with Gasteiger partial charge < -0.3 is 15.1 Å². The van der Waals surface area contributed by atoms with Crippen LogP contribution in [0.5, 0.6) is 0 Å². The van der Waals surface area contributed by atoms with Gasteiger partial charge in [0.1, 0.15) is 5.54 Å². The van der Waals surface area contributed by atoms with Gasteiger partial charge in [-0.15, -0.1) is 11.3 Å². The van der Waals surface area contributed by atoms with Crippen LogP contribution in [0.15, 0.2) is 30.3 Å². The summed E-state index contributed by atoms with van der Waals surface area (Å²) in [5.41, 5.74) is 2.63. The Hall–Kier alpha value is -1.89. The van der Waals surface area contributed by atoms with E-state index in [1.807, 2.05) is 6.07 Å². The van der Waals surface area contributed by atoms with Crippen molar-refractivity contribution < 1.29 is 14.1 Å². The molecule has 1 fully saturated rings. The van der Waals surface area contributed by atoms with Crippen LogP contribution in [0.2, 0.25) is 4.34 Å². The number of amides is 2. The molecular weight excluding hydrogens is 418 g/mol. The van der Waals surface area contributed by atoms with Gasteiger partial charge in [0.2, 0.25) is 5.91 Å². The van der Waals surface area contributed by atoms with E-state index in [9.17, 15) is 9.59 Å². The first-order chi connectivity index (χ1) is 14.3. The van der Waals surface area contributed by atoms with Crippen LogP contribution in [0.1, 0.15) is 46.5 Å². The summed E-state index contributed by atoms with van der Waals surface area (Å²) >= 11 is 7.20. The van der Waals surface area contributed by atoms with Crippen molar-refractivity contribution in [2.75, 3.05) is 32.5 Å². The Bertz CT molecular complexity index is 963. The van der Waals surface area contributed by atoms with E-state index in [2.05, 4.69) is 36.9 Å². The van der Waals surface area contributed by atoms with E-state index in [4.69, 9.17) is 11.6 Å². The Balaban J connectivity index is 1.50. The van der Waals surface area contributed by atoms with E-state index in [0.717, 1.165) is 48.9 Å². The fourth-order valence-electron chi connectivity index (χ4n) is 4.49. The van der Waals surface area contributed by atoms with Gasteiger partial charge in [-0.05, 0) is 48.2 Å². The van der Waals surface area contributed by atoms with Gasteiger partial charge in [0, 0.05) is 18.5 Å². The maximum atomic E-state index is 13.3. The van der Waals surface area contributed by atoms with Gasteiger partial charge in [-0.1, -0.05) is 30.5 Å². The Labute approximate surface area is 187 Å². The molecule has 0 unspecified atom stereocenters. The number of thiophene rings is 1. The lowest BCUT2D eigenvalue weighted by molar-refractivity contribution is -0.889. The normalized spacial score (nSPS) is 19.6. The molecule has 1 aliphatic heterocycles. The summed E-state index contributed by atoms with van der Waals surface area (Å²) in [7, 11) is 4.53. The number of quaternary nitrogens is 1. The minimum absolute atomic E-state index is 0.124. The summed E-state index contributed by atoms with van der Waals surface area (Å²) in [6, 6.07) is 9.66. The Kier molecular flexibility index (Phi) is 5.93. The summed E-state index contributed by atoms with van der Waals surface area (Å²) in [5.74, 6) is -0.355. The maximum absolute atomic E-state index is 13.3. The lowest BCUT2D eigenvalue weighted by atomic mass is 9.95. The fraction of sp³-hybridized carbons (Fsp3) is 0.478. The Morgan fingerprint density at radius 2 is 1.73 bits per heavy atom. The second kappa shape index (κ2) is 8.33. The molecule has 1 aromatic heterocycles. The minimum atomic E-state index is -0.862. The summed E-state index contributed by atoms with van der Waals surface area (Å²) in [6.45, 7) is 2.22. The first kappa shape index (κ1) is 21.3. The second-order valence-corrected chi connectivity index (χ2v) is 10.9. The molecule has 1 aromatic carbocycles. The number of likely N-dealkylation sites (N-methyl/N-ethyl adjacent to an activating group) is 1. The molecule has 0 bridgehead atoms. The van der Waals surface area contributed by atoms with E-state index in [-0.39, 0.29) is 11.8 Å². The average molecular weight is 447 g/mol. The van der Waals surface area contributed by atoms with Gasteiger partial charge in [-0.25, -0.2) is 0 Å². The third-order valence-electron chi connectivity index (χ3n) is 6.48. The molecule has 4 rings (SSSR count). The monoisotopic (exact) mass is 446 g/mol. The van der Waals surface area contributed by atoms with E-state index >= 15 is 0 Å². The molecule has 5 nitrogen and oxygen atoms in total. The Morgan fingerprint density at radius 1 is 1.03 bits per heavy atom. The fourth-order valence-corrected chi connectivity index (χ4v) is 5.43. The van der Waals surface area contributed by atoms with Crippen molar-refractivity contribution in [3.05, 3.63) is 50.7 Å². The number of fused-ring (bicyclic) bond motifs is 1. The zero-order valence-corrected chi connectivity index (χ0v) is 19.2. The van der Waals surface area contributed by atoms with Crippen LogP contribution in [0.25, 0.3) is 0 Å². The van der Waals surface area contributed by atoms with Crippen LogP contribution in [-0.2, 0) is 17.6 Å². The number of benzene rings is 1. The van der Waals surface area contributed by atoms with Crippen LogP contribution < -0.4 is 10.6 Å². The van der Waals surface area contributed by atoms with Crippen LogP contribution in [0, 0.1) is 0 Å². The largest absolute Gasteiger partial charge is 0.337 e. The van der Waals surface area contributed by atoms with Gasteiger partial charge in [0.15, 0.2) is 0 Å².